The van der Waals surface area contributed by atoms with E-state index >= 15 is 0 Å². The summed E-state index contributed by atoms with van der Waals surface area (Å²) in [6.07, 6.45) is 0. The first kappa shape index (κ1) is 14.6. The van der Waals surface area contributed by atoms with E-state index in [1.54, 1.807) is 27.7 Å². The molecule has 6 nitrogen and oxygen atoms in total. The summed E-state index contributed by atoms with van der Waals surface area (Å²) in [4.78, 5) is 37.0. The molecule has 1 heterocycles. The zero-order valence-electron chi connectivity index (χ0n) is 11.6. The number of nitrogens with zero attached hydrogens (tertiary/aromatic N) is 1. The number of hydrogen-bond acceptors (Lipinski definition) is 4. The Kier molecular flexibility index (Phi) is 3.81. The Morgan fingerprint density at radius 1 is 1.44 bits per heavy atom. The predicted octanol–water partition coefficient (Wildman–Crippen LogP) is -0.362. The minimum atomic E-state index is -1.02. The second kappa shape index (κ2) is 4.68. The molecule has 1 aliphatic heterocycles. The summed E-state index contributed by atoms with van der Waals surface area (Å²) in [6, 6.07) is 0. The van der Waals surface area contributed by atoms with Gasteiger partial charge in [0.15, 0.2) is 0 Å². The zero-order valence-corrected chi connectivity index (χ0v) is 11.6. The Labute approximate surface area is 107 Å². The third-order valence-corrected chi connectivity index (χ3v) is 3.18. The van der Waals surface area contributed by atoms with E-state index in [1.165, 1.54) is 4.90 Å². The molecule has 3 amide bonds. The summed E-state index contributed by atoms with van der Waals surface area (Å²) >= 11 is 0. The van der Waals surface area contributed by atoms with Crippen molar-refractivity contribution in [2.75, 3.05) is 13.1 Å². The van der Waals surface area contributed by atoms with Crippen LogP contribution in [0.15, 0.2) is 0 Å². The highest BCUT2D eigenvalue weighted by atomic mass is 16.2. The van der Waals surface area contributed by atoms with Crippen LogP contribution < -0.4 is 10.6 Å². The number of carbonyl (C=O) groups excluding carboxylic acids is 3. The second-order valence-corrected chi connectivity index (χ2v) is 5.48. The van der Waals surface area contributed by atoms with Crippen molar-refractivity contribution in [3.63, 3.8) is 0 Å². The van der Waals surface area contributed by atoms with Crippen molar-refractivity contribution in [3.8, 4) is 0 Å². The van der Waals surface area contributed by atoms with Gasteiger partial charge in [-0.2, -0.15) is 0 Å². The van der Waals surface area contributed by atoms with Crippen molar-refractivity contribution in [2.24, 2.45) is 0 Å². The number of nitrogens with one attached hydrogen (secondary N) is 2. The molecular formula is C12H21N3O3. The molecule has 0 aromatic rings. The van der Waals surface area contributed by atoms with Gasteiger partial charge in [0.2, 0.25) is 11.8 Å². The number of hydrogen-bond donors (Lipinski definition) is 2. The number of imide groups is 1. The van der Waals surface area contributed by atoms with Crippen LogP contribution in [0.2, 0.25) is 0 Å². The third kappa shape index (κ3) is 2.53. The highest BCUT2D eigenvalue weighted by molar-refractivity contribution is 6.07. The molecule has 0 aromatic carbocycles. The van der Waals surface area contributed by atoms with Gasteiger partial charge >= 0.3 is 0 Å². The van der Waals surface area contributed by atoms with Gasteiger partial charge in [0.25, 0.3) is 5.91 Å². The molecular weight excluding hydrogens is 234 g/mol. The van der Waals surface area contributed by atoms with Gasteiger partial charge in [-0.1, -0.05) is 6.92 Å². The van der Waals surface area contributed by atoms with Gasteiger partial charge in [-0.3, -0.25) is 19.7 Å². The summed E-state index contributed by atoms with van der Waals surface area (Å²) in [7, 11) is 0. The van der Waals surface area contributed by atoms with Crippen LogP contribution in [0.25, 0.3) is 0 Å². The van der Waals surface area contributed by atoms with E-state index in [1.807, 2.05) is 6.92 Å². The summed E-state index contributed by atoms with van der Waals surface area (Å²) < 4.78 is 0. The van der Waals surface area contributed by atoms with Gasteiger partial charge < -0.3 is 10.2 Å². The number of carbonyl (C=O) groups is 3. The van der Waals surface area contributed by atoms with Crippen molar-refractivity contribution in [3.05, 3.63) is 0 Å². The highest BCUT2D eigenvalue weighted by Crippen LogP contribution is 2.22. The number of likely N-dealkylation sites (N-methyl/N-ethyl adjacent to an activating group) is 1. The first-order valence-corrected chi connectivity index (χ1v) is 6.04. The third-order valence-electron chi connectivity index (χ3n) is 3.18. The van der Waals surface area contributed by atoms with Gasteiger partial charge in [-0.05, 0) is 34.2 Å². The van der Waals surface area contributed by atoms with E-state index in [-0.39, 0.29) is 12.5 Å². The molecule has 0 radical (unpaired) electrons. The molecule has 1 fully saturated rings. The Morgan fingerprint density at radius 2 is 2.00 bits per heavy atom. The lowest BCUT2D eigenvalue weighted by Gasteiger charge is -2.43. The first-order valence-electron chi connectivity index (χ1n) is 6.04. The van der Waals surface area contributed by atoms with Gasteiger partial charge in [-0.15, -0.1) is 0 Å². The Balaban J connectivity index is 3.02. The average Bonchev–Trinajstić information content (AvgIpc) is 2.22. The second-order valence-electron chi connectivity index (χ2n) is 5.48. The van der Waals surface area contributed by atoms with Crippen molar-refractivity contribution < 1.29 is 14.4 Å². The summed E-state index contributed by atoms with van der Waals surface area (Å²) in [6.45, 7) is 9.19. The lowest BCUT2D eigenvalue weighted by atomic mass is 9.94. The highest BCUT2D eigenvalue weighted by Gasteiger charge is 2.47. The van der Waals surface area contributed by atoms with Gasteiger partial charge in [0.05, 0.1) is 5.54 Å². The lowest BCUT2D eigenvalue weighted by molar-refractivity contribution is -0.158. The molecule has 1 aliphatic rings. The van der Waals surface area contributed by atoms with Gasteiger partial charge in [-0.25, -0.2) is 0 Å². The maximum absolute atomic E-state index is 12.4. The lowest BCUT2D eigenvalue weighted by Crippen LogP contribution is -2.69. The monoisotopic (exact) mass is 255 g/mol. The smallest absolute Gasteiger partial charge is 0.252 e. The molecule has 2 N–H and O–H groups in total. The minimum absolute atomic E-state index is 0.0909. The maximum atomic E-state index is 12.4. The summed E-state index contributed by atoms with van der Waals surface area (Å²) in [5.74, 6) is -1.14. The van der Waals surface area contributed by atoms with Crippen LogP contribution in [0.1, 0.15) is 34.6 Å². The number of piperazine rings is 1. The fourth-order valence-corrected chi connectivity index (χ4v) is 1.96. The van der Waals surface area contributed by atoms with E-state index in [0.717, 1.165) is 0 Å². The standard InChI is InChI=1S/C12H21N3O3/c1-6-13-11(2,3)10(18)15-7-8(16)14-9(17)12(15,4)5/h13H,6-7H2,1-5H3,(H,14,16,17). The molecule has 0 unspecified atom stereocenters. The van der Waals surface area contributed by atoms with Crippen LogP contribution >= 0.6 is 0 Å². The van der Waals surface area contributed by atoms with Crippen molar-refractivity contribution in [1.82, 2.24) is 15.5 Å². The van der Waals surface area contributed by atoms with E-state index in [9.17, 15) is 14.4 Å². The van der Waals surface area contributed by atoms with Gasteiger partial charge in [0, 0.05) is 0 Å². The Hall–Kier alpha value is -1.43. The maximum Gasteiger partial charge on any atom is 0.252 e. The largest absolute Gasteiger partial charge is 0.318 e. The predicted molar refractivity (Wildman–Crippen MR) is 66.7 cm³/mol. The molecule has 6 heteroatoms. The fourth-order valence-electron chi connectivity index (χ4n) is 1.96. The zero-order chi connectivity index (χ0) is 14.1. The summed E-state index contributed by atoms with van der Waals surface area (Å²) in [5, 5.41) is 5.30. The van der Waals surface area contributed by atoms with Crippen LogP contribution in [-0.2, 0) is 14.4 Å². The molecule has 1 saturated heterocycles. The Bertz CT molecular complexity index is 388. The molecule has 18 heavy (non-hydrogen) atoms. The van der Waals surface area contributed by atoms with Crippen molar-refractivity contribution in [2.45, 2.75) is 45.7 Å². The topological polar surface area (TPSA) is 78.5 Å². The van der Waals surface area contributed by atoms with E-state index in [2.05, 4.69) is 10.6 Å². The van der Waals surface area contributed by atoms with Crippen LogP contribution in [0.5, 0.6) is 0 Å². The number of rotatable bonds is 3. The molecule has 1 rings (SSSR count). The Morgan fingerprint density at radius 3 is 2.50 bits per heavy atom. The minimum Gasteiger partial charge on any atom is -0.318 e. The molecule has 0 saturated carbocycles. The molecule has 0 atom stereocenters. The van der Waals surface area contributed by atoms with Crippen LogP contribution in [-0.4, -0.2) is 46.8 Å². The van der Waals surface area contributed by atoms with Crippen LogP contribution in [0.3, 0.4) is 0 Å². The molecule has 102 valence electrons. The average molecular weight is 255 g/mol. The number of amides is 3. The molecule has 0 aliphatic carbocycles. The van der Waals surface area contributed by atoms with E-state index in [4.69, 9.17) is 0 Å². The van der Waals surface area contributed by atoms with E-state index in [0.29, 0.717) is 6.54 Å². The van der Waals surface area contributed by atoms with Crippen LogP contribution in [0, 0.1) is 0 Å². The molecule has 0 bridgehead atoms. The van der Waals surface area contributed by atoms with Crippen LogP contribution in [0.4, 0.5) is 0 Å². The van der Waals surface area contributed by atoms with Crippen molar-refractivity contribution >= 4 is 17.7 Å². The normalized spacial score (nSPS) is 19.7. The van der Waals surface area contributed by atoms with Gasteiger partial charge in [0.1, 0.15) is 12.1 Å². The molecule has 0 aromatic heterocycles. The SMILES string of the molecule is CCNC(C)(C)C(=O)N1CC(=O)NC(=O)C1(C)C. The van der Waals surface area contributed by atoms with Crippen molar-refractivity contribution in [1.29, 1.82) is 0 Å². The molecule has 0 spiro atoms. The first-order chi connectivity index (χ1) is 8.13. The van der Waals surface area contributed by atoms with E-state index < -0.39 is 22.9 Å². The summed E-state index contributed by atoms with van der Waals surface area (Å²) in [5.41, 5.74) is -1.82. The fraction of sp³-hybridized carbons (Fsp3) is 0.750. The quantitative estimate of drug-likeness (QED) is 0.675.